The Labute approximate surface area is 187 Å². The average Bonchev–Trinajstić information content (AvgIpc) is 3.28. The summed E-state index contributed by atoms with van der Waals surface area (Å²) in [7, 11) is 2.27. The van der Waals surface area contributed by atoms with Crippen LogP contribution in [0.2, 0.25) is 0 Å². The number of nitrogen functional groups attached to an aromatic ring is 1. The number of para-hydroxylation sites is 1. The third-order valence-corrected chi connectivity index (χ3v) is 7.25. The van der Waals surface area contributed by atoms with E-state index in [2.05, 4.69) is 44.8 Å². The highest BCUT2D eigenvalue weighted by Crippen LogP contribution is 2.43. The first-order valence-electron chi connectivity index (χ1n) is 11.3. The van der Waals surface area contributed by atoms with Gasteiger partial charge >= 0.3 is 0 Å². The minimum Gasteiger partial charge on any atom is -0.457 e. The second-order valence-corrected chi connectivity index (χ2v) is 9.02. The van der Waals surface area contributed by atoms with Crippen molar-refractivity contribution < 1.29 is 4.74 Å². The van der Waals surface area contributed by atoms with Gasteiger partial charge in [0.05, 0.1) is 5.39 Å². The molecule has 6 rings (SSSR count). The Hall–Kier alpha value is -3.38. The normalized spacial score (nSPS) is 23.0. The van der Waals surface area contributed by atoms with Crippen molar-refractivity contribution >= 4 is 16.9 Å². The van der Waals surface area contributed by atoms with Crippen molar-refractivity contribution in [2.24, 2.45) is 0 Å². The summed E-state index contributed by atoms with van der Waals surface area (Å²) in [5, 5.41) is 0.940. The lowest BCUT2D eigenvalue weighted by Crippen LogP contribution is -2.40. The minimum absolute atomic E-state index is 0.440. The highest BCUT2D eigenvalue weighted by atomic mass is 16.5. The standard InChI is InChI=1S/C26H27N5O/c1-30-18-9-10-19(30)14-20(13-18)31-15-23(24-25(27)28-16-29-26(24)31)17-7-11-22(12-8-17)32-21-5-3-2-4-6-21/h2-8,11-12,15-16,18-20H,9-10,13-14H2,1H3,(H2,27,28,29). The smallest absolute Gasteiger partial charge is 0.146 e. The van der Waals surface area contributed by atoms with Crippen LogP contribution in [-0.2, 0) is 0 Å². The molecule has 0 radical (unpaired) electrons. The Balaban J connectivity index is 1.37. The minimum atomic E-state index is 0.440. The van der Waals surface area contributed by atoms with Crippen molar-refractivity contribution in [2.45, 2.75) is 43.8 Å². The number of anilines is 1. The van der Waals surface area contributed by atoms with E-state index >= 15 is 0 Å². The molecule has 2 aromatic carbocycles. The molecule has 162 valence electrons. The molecule has 2 unspecified atom stereocenters. The number of fused-ring (bicyclic) bond motifs is 3. The molecular weight excluding hydrogens is 398 g/mol. The van der Waals surface area contributed by atoms with Crippen LogP contribution in [0.25, 0.3) is 22.2 Å². The summed E-state index contributed by atoms with van der Waals surface area (Å²) in [6, 6.07) is 19.8. The predicted molar refractivity (Wildman–Crippen MR) is 127 cm³/mol. The zero-order valence-corrected chi connectivity index (χ0v) is 18.2. The quantitative estimate of drug-likeness (QED) is 0.482. The second kappa shape index (κ2) is 7.64. The van der Waals surface area contributed by atoms with Gasteiger partial charge in [-0.3, -0.25) is 0 Å². The van der Waals surface area contributed by atoms with E-state index in [4.69, 9.17) is 10.5 Å². The predicted octanol–water partition coefficient (Wildman–Crippen LogP) is 5.27. The number of nitrogens with two attached hydrogens (primary N) is 1. The molecule has 2 N–H and O–H groups in total. The van der Waals surface area contributed by atoms with E-state index in [9.17, 15) is 0 Å². The summed E-state index contributed by atoms with van der Waals surface area (Å²) in [6.45, 7) is 0. The van der Waals surface area contributed by atoms with Crippen molar-refractivity contribution in [3.8, 4) is 22.6 Å². The van der Waals surface area contributed by atoms with Gasteiger partial charge in [-0.15, -0.1) is 0 Å². The van der Waals surface area contributed by atoms with Gasteiger partial charge in [0.25, 0.3) is 0 Å². The van der Waals surface area contributed by atoms with E-state index in [1.807, 2.05) is 42.5 Å². The highest BCUT2D eigenvalue weighted by molar-refractivity contribution is 6.00. The van der Waals surface area contributed by atoms with Gasteiger partial charge in [-0.1, -0.05) is 30.3 Å². The third-order valence-electron chi connectivity index (χ3n) is 7.25. The number of rotatable bonds is 4. The molecule has 6 heteroatoms. The molecule has 0 amide bonds. The van der Waals surface area contributed by atoms with Crippen molar-refractivity contribution in [3.05, 3.63) is 67.1 Å². The Morgan fingerprint density at radius 1 is 0.875 bits per heavy atom. The van der Waals surface area contributed by atoms with Crippen LogP contribution in [0.5, 0.6) is 11.5 Å². The van der Waals surface area contributed by atoms with E-state index < -0.39 is 0 Å². The maximum absolute atomic E-state index is 6.36. The molecule has 2 saturated heterocycles. The Morgan fingerprint density at radius 2 is 1.56 bits per heavy atom. The second-order valence-electron chi connectivity index (χ2n) is 9.02. The molecule has 2 aliphatic rings. The van der Waals surface area contributed by atoms with Gasteiger partial charge in [-0.25, -0.2) is 9.97 Å². The Morgan fingerprint density at radius 3 is 2.28 bits per heavy atom. The number of ether oxygens (including phenoxy) is 1. The summed E-state index contributed by atoms with van der Waals surface area (Å²) in [5.41, 5.74) is 9.47. The van der Waals surface area contributed by atoms with Crippen molar-refractivity contribution in [1.29, 1.82) is 0 Å². The van der Waals surface area contributed by atoms with Gasteiger partial charge in [-0.2, -0.15) is 0 Å². The van der Waals surface area contributed by atoms with Crippen LogP contribution in [0, 0.1) is 0 Å². The van der Waals surface area contributed by atoms with Crippen molar-refractivity contribution in [2.75, 3.05) is 12.8 Å². The molecule has 0 saturated carbocycles. The van der Waals surface area contributed by atoms with Crippen LogP contribution in [0.3, 0.4) is 0 Å². The van der Waals surface area contributed by atoms with E-state index in [1.54, 1.807) is 6.33 Å². The molecule has 4 heterocycles. The Bertz CT molecular complexity index is 1240. The van der Waals surface area contributed by atoms with Crippen LogP contribution in [0.4, 0.5) is 5.82 Å². The molecule has 2 atom stereocenters. The first kappa shape index (κ1) is 19.3. The number of hydrogen-bond donors (Lipinski definition) is 1. The molecule has 2 aromatic heterocycles. The van der Waals surface area contributed by atoms with E-state index in [-0.39, 0.29) is 0 Å². The molecule has 4 aromatic rings. The lowest BCUT2D eigenvalue weighted by Gasteiger charge is -2.37. The SMILES string of the molecule is CN1C2CCC1CC(n1cc(-c3ccc(Oc4ccccc4)cc3)c3c(N)ncnc31)C2. The van der Waals surface area contributed by atoms with Gasteiger partial charge < -0.3 is 19.9 Å². The first-order valence-corrected chi connectivity index (χ1v) is 11.3. The van der Waals surface area contributed by atoms with E-state index in [1.165, 1.54) is 12.8 Å². The van der Waals surface area contributed by atoms with Gasteiger partial charge in [0.2, 0.25) is 0 Å². The monoisotopic (exact) mass is 425 g/mol. The Kier molecular flexibility index (Phi) is 4.61. The lowest BCUT2D eigenvalue weighted by atomic mass is 9.98. The fourth-order valence-electron chi connectivity index (χ4n) is 5.54. The van der Waals surface area contributed by atoms with Crippen LogP contribution in [0.15, 0.2) is 67.1 Å². The third kappa shape index (κ3) is 3.22. The van der Waals surface area contributed by atoms with Gasteiger partial charge in [0.1, 0.15) is 29.3 Å². The summed E-state index contributed by atoms with van der Waals surface area (Å²) in [6.07, 6.45) is 8.72. The maximum Gasteiger partial charge on any atom is 0.146 e. The van der Waals surface area contributed by atoms with Crippen molar-refractivity contribution in [1.82, 2.24) is 19.4 Å². The number of hydrogen-bond acceptors (Lipinski definition) is 5. The molecule has 2 aliphatic heterocycles. The van der Waals surface area contributed by atoms with Crippen LogP contribution in [-0.4, -0.2) is 38.6 Å². The highest BCUT2D eigenvalue weighted by Gasteiger charge is 2.39. The molecule has 32 heavy (non-hydrogen) atoms. The topological polar surface area (TPSA) is 69.2 Å². The molecule has 0 spiro atoms. The van der Waals surface area contributed by atoms with E-state index in [0.29, 0.717) is 23.9 Å². The van der Waals surface area contributed by atoms with Gasteiger partial charge in [-0.05, 0) is 62.6 Å². The van der Waals surface area contributed by atoms with Crippen molar-refractivity contribution in [3.63, 3.8) is 0 Å². The maximum atomic E-state index is 6.36. The zero-order chi connectivity index (χ0) is 21.7. The van der Waals surface area contributed by atoms with Gasteiger partial charge in [0, 0.05) is 29.9 Å². The van der Waals surface area contributed by atoms with Crippen LogP contribution in [0.1, 0.15) is 31.7 Å². The summed E-state index contributed by atoms with van der Waals surface area (Å²) in [5.74, 6) is 2.16. The summed E-state index contributed by atoms with van der Waals surface area (Å²) >= 11 is 0. The number of piperidine rings is 1. The lowest BCUT2D eigenvalue weighted by molar-refractivity contribution is 0.139. The summed E-state index contributed by atoms with van der Waals surface area (Å²) in [4.78, 5) is 11.5. The molecule has 6 nitrogen and oxygen atoms in total. The fourth-order valence-corrected chi connectivity index (χ4v) is 5.54. The number of aromatic nitrogens is 3. The first-order chi connectivity index (χ1) is 15.7. The summed E-state index contributed by atoms with van der Waals surface area (Å²) < 4.78 is 8.32. The zero-order valence-electron chi connectivity index (χ0n) is 18.2. The van der Waals surface area contributed by atoms with Crippen LogP contribution >= 0.6 is 0 Å². The molecule has 2 bridgehead atoms. The fraction of sp³-hybridized carbons (Fsp3) is 0.308. The van der Waals surface area contributed by atoms with Crippen LogP contribution < -0.4 is 10.5 Å². The van der Waals surface area contributed by atoms with Gasteiger partial charge in [0.15, 0.2) is 0 Å². The number of benzene rings is 2. The average molecular weight is 426 g/mol. The van der Waals surface area contributed by atoms with E-state index in [0.717, 1.165) is 46.5 Å². The molecule has 2 fully saturated rings. The molecule has 0 aliphatic carbocycles. The largest absolute Gasteiger partial charge is 0.457 e. The molecular formula is C26H27N5O. The number of nitrogens with zero attached hydrogens (tertiary/aromatic N) is 4.